The van der Waals surface area contributed by atoms with Gasteiger partial charge in [0.2, 0.25) is 0 Å². The van der Waals surface area contributed by atoms with Crippen molar-refractivity contribution in [3.05, 3.63) is 18.0 Å². The van der Waals surface area contributed by atoms with Gasteiger partial charge in [-0.25, -0.2) is 0 Å². The van der Waals surface area contributed by atoms with E-state index in [1.807, 2.05) is 6.92 Å². The standard InChI is InChI=1S/C9H16N4O/c1-7(6-10)13(3)9(14)8-4-5-12(2)11-8/h4-5,7H,6,10H2,1-3H3. The fourth-order valence-electron chi connectivity index (χ4n) is 1.07. The Kier molecular flexibility index (Phi) is 3.24. The highest BCUT2D eigenvalue weighted by molar-refractivity contribution is 5.92. The normalized spacial score (nSPS) is 12.6. The average molecular weight is 196 g/mol. The highest BCUT2D eigenvalue weighted by atomic mass is 16.2. The Morgan fingerprint density at radius 1 is 1.79 bits per heavy atom. The van der Waals surface area contributed by atoms with Crippen LogP contribution in [0.5, 0.6) is 0 Å². The maximum atomic E-state index is 11.8. The maximum Gasteiger partial charge on any atom is 0.274 e. The number of rotatable bonds is 3. The van der Waals surface area contributed by atoms with Crippen molar-refractivity contribution >= 4 is 5.91 Å². The molecule has 0 saturated carbocycles. The molecule has 0 aromatic carbocycles. The SMILES string of the molecule is CC(CN)N(C)C(=O)c1ccn(C)n1. The van der Waals surface area contributed by atoms with E-state index in [2.05, 4.69) is 5.10 Å². The molecule has 14 heavy (non-hydrogen) atoms. The number of likely N-dealkylation sites (N-methyl/N-ethyl adjacent to an activating group) is 1. The second kappa shape index (κ2) is 4.23. The molecule has 1 aromatic rings. The van der Waals surface area contributed by atoms with E-state index in [4.69, 9.17) is 5.73 Å². The molecule has 5 nitrogen and oxygen atoms in total. The summed E-state index contributed by atoms with van der Waals surface area (Å²) in [5.74, 6) is -0.0939. The molecule has 1 unspecified atom stereocenters. The Morgan fingerprint density at radius 2 is 2.43 bits per heavy atom. The lowest BCUT2D eigenvalue weighted by atomic mass is 10.2. The van der Waals surface area contributed by atoms with Gasteiger partial charge < -0.3 is 10.6 Å². The van der Waals surface area contributed by atoms with E-state index in [0.29, 0.717) is 12.2 Å². The lowest BCUT2D eigenvalue weighted by Gasteiger charge is -2.22. The van der Waals surface area contributed by atoms with Crippen molar-refractivity contribution in [2.24, 2.45) is 12.8 Å². The van der Waals surface area contributed by atoms with Gasteiger partial charge in [-0.05, 0) is 13.0 Å². The number of hydrogen-bond acceptors (Lipinski definition) is 3. The minimum absolute atomic E-state index is 0.0320. The van der Waals surface area contributed by atoms with Gasteiger partial charge in [0.15, 0.2) is 0 Å². The Bertz CT molecular complexity index is 320. The summed E-state index contributed by atoms with van der Waals surface area (Å²) < 4.78 is 1.61. The van der Waals surface area contributed by atoms with Gasteiger partial charge >= 0.3 is 0 Å². The Hall–Kier alpha value is -1.36. The van der Waals surface area contributed by atoms with Gasteiger partial charge in [-0.2, -0.15) is 5.10 Å². The van der Waals surface area contributed by atoms with Crippen molar-refractivity contribution in [3.8, 4) is 0 Å². The topological polar surface area (TPSA) is 64.2 Å². The first-order chi connectivity index (χ1) is 6.56. The minimum atomic E-state index is -0.0939. The highest BCUT2D eigenvalue weighted by Crippen LogP contribution is 2.02. The molecule has 78 valence electrons. The Balaban J connectivity index is 2.75. The van der Waals surface area contributed by atoms with Crippen LogP contribution in [0.15, 0.2) is 12.3 Å². The molecule has 0 aliphatic rings. The molecule has 0 spiro atoms. The molecule has 1 heterocycles. The summed E-state index contributed by atoms with van der Waals surface area (Å²) in [4.78, 5) is 13.4. The Morgan fingerprint density at radius 3 is 2.86 bits per heavy atom. The first kappa shape index (κ1) is 10.7. The van der Waals surface area contributed by atoms with Gasteiger partial charge in [-0.1, -0.05) is 0 Å². The van der Waals surface area contributed by atoms with E-state index >= 15 is 0 Å². The molecular formula is C9H16N4O. The molecule has 5 heteroatoms. The molecule has 0 fully saturated rings. The van der Waals surface area contributed by atoms with Crippen molar-refractivity contribution in [2.75, 3.05) is 13.6 Å². The number of aryl methyl sites for hydroxylation is 1. The van der Waals surface area contributed by atoms with Crippen LogP contribution >= 0.6 is 0 Å². The van der Waals surface area contributed by atoms with Crippen LogP contribution in [0.4, 0.5) is 0 Å². The predicted octanol–water partition coefficient (Wildman–Crippen LogP) is -0.161. The van der Waals surface area contributed by atoms with Crippen molar-refractivity contribution in [1.82, 2.24) is 14.7 Å². The molecule has 1 rings (SSSR count). The molecule has 2 N–H and O–H groups in total. The number of nitrogens with zero attached hydrogens (tertiary/aromatic N) is 3. The van der Waals surface area contributed by atoms with Gasteiger partial charge in [0.1, 0.15) is 5.69 Å². The highest BCUT2D eigenvalue weighted by Gasteiger charge is 2.17. The van der Waals surface area contributed by atoms with Crippen LogP contribution in [0, 0.1) is 0 Å². The van der Waals surface area contributed by atoms with Crippen LogP contribution in [0.2, 0.25) is 0 Å². The number of nitrogens with two attached hydrogens (primary N) is 1. The molecule has 0 aliphatic heterocycles. The summed E-state index contributed by atoms with van der Waals surface area (Å²) in [6, 6.07) is 1.73. The zero-order valence-electron chi connectivity index (χ0n) is 8.77. The number of hydrogen-bond donors (Lipinski definition) is 1. The third-order valence-corrected chi connectivity index (χ3v) is 2.26. The third-order valence-electron chi connectivity index (χ3n) is 2.26. The molecule has 0 bridgehead atoms. The van der Waals surface area contributed by atoms with Crippen LogP contribution in [0.1, 0.15) is 17.4 Å². The summed E-state index contributed by atoms with van der Waals surface area (Å²) in [6.07, 6.45) is 1.74. The lowest BCUT2D eigenvalue weighted by molar-refractivity contribution is 0.0741. The van der Waals surface area contributed by atoms with Gasteiger partial charge in [0.05, 0.1) is 0 Å². The molecular weight excluding hydrogens is 180 g/mol. The smallest absolute Gasteiger partial charge is 0.274 e. The lowest BCUT2D eigenvalue weighted by Crippen LogP contribution is -2.39. The van der Waals surface area contributed by atoms with E-state index in [9.17, 15) is 4.79 Å². The van der Waals surface area contributed by atoms with Crippen LogP contribution in [0.25, 0.3) is 0 Å². The number of carbonyl (C=O) groups excluding carboxylic acids is 1. The van der Waals surface area contributed by atoms with Crippen molar-refractivity contribution < 1.29 is 4.79 Å². The van der Waals surface area contributed by atoms with Crippen molar-refractivity contribution in [3.63, 3.8) is 0 Å². The molecule has 0 aliphatic carbocycles. The van der Waals surface area contributed by atoms with Crippen LogP contribution in [-0.4, -0.2) is 40.2 Å². The molecule has 0 radical (unpaired) electrons. The minimum Gasteiger partial charge on any atom is -0.336 e. The Labute approximate surface area is 83.5 Å². The largest absolute Gasteiger partial charge is 0.336 e. The van der Waals surface area contributed by atoms with E-state index in [-0.39, 0.29) is 11.9 Å². The zero-order chi connectivity index (χ0) is 10.7. The van der Waals surface area contributed by atoms with E-state index < -0.39 is 0 Å². The number of amides is 1. The van der Waals surface area contributed by atoms with Crippen LogP contribution < -0.4 is 5.73 Å². The third kappa shape index (κ3) is 2.11. The summed E-state index contributed by atoms with van der Waals surface area (Å²) in [6.45, 7) is 2.36. The fourth-order valence-corrected chi connectivity index (χ4v) is 1.07. The summed E-state index contributed by atoms with van der Waals surface area (Å²) >= 11 is 0. The van der Waals surface area contributed by atoms with Gasteiger partial charge in [-0.15, -0.1) is 0 Å². The van der Waals surface area contributed by atoms with E-state index in [0.717, 1.165) is 0 Å². The van der Waals surface area contributed by atoms with Gasteiger partial charge in [0, 0.05) is 32.9 Å². The first-order valence-corrected chi connectivity index (χ1v) is 4.53. The fraction of sp³-hybridized carbons (Fsp3) is 0.556. The second-order valence-corrected chi connectivity index (χ2v) is 3.38. The molecule has 1 aromatic heterocycles. The van der Waals surface area contributed by atoms with Crippen molar-refractivity contribution in [2.45, 2.75) is 13.0 Å². The first-order valence-electron chi connectivity index (χ1n) is 4.53. The van der Waals surface area contributed by atoms with E-state index in [1.165, 1.54) is 0 Å². The van der Waals surface area contributed by atoms with Crippen LogP contribution in [0.3, 0.4) is 0 Å². The average Bonchev–Trinajstić information content (AvgIpc) is 2.61. The van der Waals surface area contributed by atoms with Gasteiger partial charge in [-0.3, -0.25) is 9.48 Å². The molecule has 1 atom stereocenters. The van der Waals surface area contributed by atoms with Crippen LogP contribution in [-0.2, 0) is 7.05 Å². The molecule has 0 saturated heterocycles. The monoisotopic (exact) mass is 196 g/mol. The zero-order valence-corrected chi connectivity index (χ0v) is 8.77. The van der Waals surface area contributed by atoms with E-state index in [1.54, 1.807) is 35.9 Å². The summed E-state index contributed by atoms with van der Waals surface area (Å²) in [5, 5.41) is 4.03. The quantitative estimate of drug-likeness (QED) is 0.730. The second-order valence-electron chi connectivity index (χ2n) is 3.38. The summed E-state index contributed by atoms with van der Waals surface area (Å²) in [5.41, 5.74) is 5.93. The number of aromatic nitrogens is 2. The van der Waals surface area contributed by atoms with Gasteiger partial charge in [0.25, 0.3) is 5.91 Å². The predicted molar refractivity (Wildman–Crippen MR) is 53.8 cm³/mol. The van der Waals surface area contributed by atoms with Crippen molar-refractivity contribution in [1.29, 1.82) is 0 Å². The number of carbonyl (C=O) groups is 1. The summed E-state index contributed by atoms with van der Waals surface area (Å²) in [7, 11) is 3.51. The maximum absolute atomic E-state index is 11.8. The molecule has 1 amide bonds.